The summed E-state index contributed by atoms with van der Waals surface area (Å²) in [6.45, 7) is 5.12. The van der Waals surface area contributed by atoms with Crippen LogP contribution < -0.4 is 10.6 Å². The second-order valence-electron chi connectivity index (χ2n) is 5.09. The Kier molecular flexibility index (Phi) is 4.31. The molecule has 2 atom stereocenters. The topological polar surface area (TPSA) is 54.0 Å². The molecule has 1 saturated heterocycles. The van der Waals surface area contributed by atoms with E-state index in [0.717, 1.165) is 30.6 Å². The van der Waals surface area contributed by atoms with Crippen molar-refractivity contribution in [1.29, 1.82) is 0 Å². The average Bonchev–Trinajstić information content (AvgIpc) is 2.32. The molecule has 0 spiro atoms. The monoisotopic (exact) mass is 247 g/mol. The molecule has 98 valence electrons. The number of hydrogen-bond acceptors (Lipinski definition) is 3. The first-order valence-corrected chi connectivity index (χ1v) is 6.58. The molecule has 0 radical (unpaired) electrons. The molecule has 0 aliphatic carbocycles. The van der Waals surface area contributed by atoms with Gasteiger partial charge in [-0.3, -0.25) is 9.78 Å². The molecule has 0 bridgehead atoms. The highest BCUT2D eigenvalue weighted by Crippen LogP contribution is 2.09. The van der Waals surface area contributed by atoms with Crippen LogP contribution in [-0.2, 0) is 11.2 Å². The van der Waals surface area contributed by atoms with Gasteiger partial charge in [0.1, 0.15) is 0 Å². The van der Waals surface area contributed by atoms with Crippen LogP contribution in [0.25, 0.3) is 0 Å². The summed E-state index contributed by atoms with van der Waals surface area (Å²) in [7, 11) is 0. The van der Waals surface area contributed by atoms with Crippen LogP contribution in [0.5, 0.6) is 0 Å². The molecule has 2 rings (SSSR count). The fraction of sp³-hybridized carbons (Fsp3) is 0.571. The zero-order valence-corrected chi connectivity index (χ0v) is 11.1. The number of aromatic nitrogens is 1. The Morgan fingerprint density at radius 2 is 2.44 bits per heavy atom. The van der Waals surface area contributed by atoms with Crippen molar-refractivity contribution >= 4 is 5.91 Å². The number of piperidine rings is 1. The Bertz CT molecular complexity index is 419. The highest BCUT2D eigenvalue weighted by atomic mass is 16.1. The molecule has 18 heavy (non-hydrogen) atoms. The van der Waals surface area contributed by atoms with Crippen LogP contribution in [0.2, 0.25) is 0 Å². The standard InChI is InChI=1S/C14H21N3O/c1-10-4-3-6-16-13(10)9-14(18)17-12-5-7-15-11(2)8-12/h3-4,6,11-12,15H,5,7-9H2,1-2H3,(H,17,18). The Hall–Kier alpha value is -1.42. The number of carbonyl (C=O) groups excluding carboxylic acids is 1. The third-order valence-electron chi connectivity index (χ3n) is 3.43. The summed E-state index contributed by atoms with van der Waals surface area (Å²) < 4.78 is 0. The van der Waals surface area contributed by atoms with Gasteiger partial charge in [0.2, 0.25) is 5.91 Å². The Morgan fingerprint density at radius 3 is 3.17 bits per heavy atom. The van der Waals surface area contributed by atoms with E-state index in [-0.39, 0.29) is 5.91 Å². The van der Waals surface area contributed by atoms with E-state index >= 15 is 0 Å². The van der Waals surface area contributed by atoms with E-state index in [0.29, 0.717) is 18.5 Å². The number of aryl methyl sites for hydroxylation is 1. The number of hydrogen-bond donors (Lipinski definition) is 2. The second-order valence-corrected chi connectivity index (χ2v) is 5.09. The predicted octanol–water partition coefficient (Wildman–Crippen LogP) is 1.19. The normalized spacial score (nSPS) is 23.7. The predicted molar refractivity (Wildman–Crippen MR) is 71.3 cm³/mol. The number of carbonyl (C=O) groups is 1. The van der Waals surface area contributed by atoms with Gasteiger partial charge in [-0.15, -0.1) is 0 Å². The van der Waals surface area contributed by atoms with E-state index in [2.05, 4.69) is 22.5 Å². The Labute approximate surface area is 108 Å². The van der Waals surface area contributed by atoms with Crippen molar-refractivity contribution in [2.24, 2.45) is 0 Å². The molecule has 4 nitrogen and oxygen atoms in total. The smallest absolute Gasteiger partial charge is 0.226 e. The number of amides is 1. The fourth-order valence-corrected chi connectivity index (χ4v) is 2.40. The van der Waals surface area contributed by atoms with Crippen molar-refractivity contribution in [1.82, 2.24) is 15.6 Å². The third kappa shape index (κ3) is 3.53. The van der Waals surface area contributed by atoms with E-state index in [1.54, 1.807) is 6.20 Å². The fourth-order valence-electron chi connectivity index (χ4n) is 2.40. The van der Waals surface area contributed by atoms with Crippen molar-refractivity contribution in [3.05, 3.63) is 29.6 Å². The molecular weight excluding hydrogens is 226 g/mol. The third-order valence-corrected chi connectivity index (χ3v) is 3.43. The molecule has 1 amide bonds. The molecule has 2 N–H and O–H groups in total. The molecule has 1 aliphatic heterocycles. The van der Waals surface area contributed by atoms with Crippen molar-refractivity contribution < 1.29 is 4.79 Å². The number of nitrogens with one attached hydrogen (secondary N) is 2. The van der Waals surface area contributed by atoms with Crippen LogP contribution in [0.4, 0.5) is 0 Å². The molecular formula is C14H21N3O. The molecule has 1 fully saturated rings. The first-order valence-electron chi connectivity index (χ1n) is 6.58. The summed E-state index contributed by atoms with van der Waals surface area (Å²) in [4.78, 5) is 16.2. The summed E-state index contributed by atoms with van der Waals surface area (Å²) in [5.74, 6) is 0.0795. The maximum atomic E-state index is 12.0. The summed E-state index contributed by atoms with van der Waals surface area (Å²) in [5, 5.41) is 6.49. The van der Waals surface area contributed by atoms with Gasteiger partial charge in [-0.25, -0.2) is 0 Å². The zero-order valence-electron chi connectivity index (χ0n) is 11.1. The minimum atomic E-state index is 0.0795. The lowest BCUT2D eigenvalue weighted by molar-refractivity contribution is -0.121. The van der Waals surface area contributed by atoms with Crippen LogP contribution >= 0.6 is 0 Å². The highest BCUT2D eigenvalue weighted by molar-refractivity contribution is 5.78. The minimum Gasteiger partial charge on any atom is -0.353 e. The molecule has 1 aliphatic rings. The van der Waals surface area contributed by atoms with Gasteiger partial charge in [-0.1, -0.05) is 6.07 Å². The average molecular weight is 247 g/mol. The Morgan fingerprint density at radius 1 is 1.61 bits per heavy atom. The molecule has 1 aromatic rings. The lowest BCUT2D eigenvalue weighted by Crippen LogP contribution is -2.47. The molecule has 1 aromatic heterocycles. The summed E-state index contributed by atoms with van der Waals surface area (Å²) in [6, 6.07) is 4.67. The first-order chi connectivity index (χ1) is 8.65. The lowest BCUT2D eigenvalue weighted by Gasteiger charge is -2.28. The highest BCUT2D eigenvalue weighted by Gasteiger charge is 2.20. The molecule has 0 aromatic carbocycles. The SMILES string of the molecule is Cc1cccnc1CC(=O)NC1CCNC(C)C1. The van der Waals surface area contributed by atoms with Gasteiger partial charge in [-0.2, -0.15) is 0 Å². The lowest BCUT2D eigenvalue weighted by atomic mass is 10.0. The zero-order chi connectivity index (χ0) is 13.0. The maximum Gasteiger partial charge on any atom is 0.226 e. The quantitative estimate of drug-likeness (QED) is 0.843. The molecule has 2 heterocycles. The first kappa shape index (κ1) is 13.0. The van der Waals surface area contributed by atoms with Gasteiger partial charge in [0, 0.05) is 18.3 Å². The molecule has 0 saturated carbocycles. The van der Waals surface area contributed by atoms with E-state index < -0.39 is 0 Å². The van der Waals surface area contributed by atoms with Crippen LogP contribution in [0, 0.1) is 6.92 Å². The van der Waals surface area contributed by atoms with Crippen molar-refractivity contribution in [3.8, 4) is 0 Å². The van der Waals surface area contributed by atoms with Crippen molar-refractivity contribution in [2.45, 2.75) is 45.2 Å². The molecule has 2 unspecified atom stereocenters. The van der Waals surface area contributed by atoms with Crippen molar-refractivity contribution in [3.63, 3.8) is 0 Å². The van der Waals surface area contributed by atoms with Gasteiger partial charge < -0.3 is 10.6 Å². The second kappa shape index (κ2) is 5.96. The van der Waals surface area contributed by atoms with Gasteiger partial charge in [0.25, 0.3) is 0 Å². The minimum absolute atomic E-state index is 0.0795. The summed E-state index contributed by atoms with van der Waals surface area (Å²) >= 11 is 0. The van der Waals surface area contributed by atoms with E-state index in [9.17, 15) is 4.79 Å². The van der Waals surface area contributed by atoms with Crippen LogP contribution in [0.1, 0.15) is 31.0 Å². The maximum absolute atomic E-state index is 12.0. The van der Waals surface area contributed by atoms with Gasteiger partial charge in [0.05, 0.1) is 12.1 Å². The van der Waals surface area contributed by atoms with E-state index in [1.807, 2.05) is 19.1 Å². The summed E-state index contributed by atoms with van der Waals surface area (Å²) in [6.07, 6.45) is 4.14. The number of pyridine rings is 1. The molecule has 4 heteroatoms. The van der Waals surface area contributed by atoms with E-state index in [1.165, 1.54) is 0 Å². The van der Waals surface area contributed by atoms with Crippen LogP contribution in [0.15, 0.2) is 18.3 Å². The van der Waals surface area contributed by atoms with E-state index in [4.69, 9.17) is 0 Å². The largest absolute Gasteiger partial charge is 0.353 e. The number of nitrogens with zero attached hydrogens (tertiary/aromatic N) is 1. The van der Waals surface area contributed by atoms with Gasteiger partial charge in [-0.05, 0) is 44.9 Å². The van der Waals surface area contributed by atoms with Crippen molar-refractivity contribution in [2.75, 3.05) is 6.54 Å². The summed E-state index contributed by atoms with van der Waals surface area (Å²) in [5.41, 5.74) is 1.95. The number of rotatable bonds is 3. The Balaban J connectivity index is 1.87. The van der Waals surface area contributed by atoms with Gasteiger partial charge >= 0.3 is 0 Å². The van der Waals surface area contributed by atoms with Gasteiger partial charge in [0.15, 0.2) is 0 Å². The van der Waals surface area contributed by atoms with Crippen LogP contribution in [-0.4, -0.2) is 29.5 Å². The van der Waals surface area contributed by atoms with Crippen LogP contribution in [0.3, 0.4) is 0 Å².